The number of amides is 1. The van der Waals surface area contributed by atoms with Gasteiger partial charge in [0.15, 0.2) is 0 Å². The van der Waals surface area contributed by atoms with Crippen molar-refractivity contribution in [1.29, 1.82) is 0 Å². The van der Waals surface area contributed by atoms with Crippen molar-refractivity contribution in [3.05, 3.63) is 95.9 Å². The van der Waals surface area contributed by atoms with Crippen LogP contribution in [0.4, 0.5) is 17.3 Å². The Bertz CT molecular complexity index is 1310. The van der Waals surface area contributed by atoms with Gasteiger partial charge in [0.1, 0.15) is 6.61 Å². The number of esters is 1. The summed E-state index contributed by atoms with van der Waals surface area (Å²) in [5, 5.41) is 6.13. The van der Waals surface area contributed by atoms with E-state index in [2.05, 4.69) is 25.6 Å². The van der Waals surface area contributed by atoms with Gasteiger partial charge < -0.3 is 15.4 Å². The fourth-order valence-corrected chi connectivity index (χ4v) is 3.24. The summed E-state index contributed by atoms with van der Waals surface area (Å²) >= 11 is 0. The maximum Gasteiger partial charge on any atom is 0.302 e. The summed E-state index contributed by atoms with van der Waals surface area (Å²) in [5.41, 5.74) is 5.41. The van der Waals surface area contributed by atoms with Gasteiger partial charge in [-0.05, 0) is 66.6 Å². The van der Waals surface area contributed by atoms with Gasteiger partial charge in [-0.3, -0.25) is 14.6 Å². The van der Waals surface area contributed by atoms with E-state index in [1.807, 2.05) is 43.3 Å². The second kappa shape index (κ2) is 10.4. The average molecular weight is 454 g/mol. The van der Waals surface area contributed by atoms with Crippen molar-refractivity contribution in [1.82, 2.24) is 15.0 Å². The molecule has 8 nitrogen and oxygen atoms in total. The SMILES string of the molecule is CC(=O)OCc1ccc(C(=O)Nc2ccc(Nc3nccc(-c4cccnc4)n3)c(C)c2)cc1. The highest BCUT2D eigenvalue weighted by Crippen LogP contribution is 2.24. The lowest BCUT2D eigenvalue weighted by molar-refractivity contribution is -0.142. The number of aryl methyl sites for hydroxylation is 1. The van der Waals surface area contributed by atoms with Crippen molar-refractivity contribution in [2.45, 2.75) is 20.5 Å². The molecule has 0 aliphatic rings. The Labute approximate surface area is 197 Å². The van der Waals surface area contributed by atoms with Crippen LogP contribution in [0.5, 0.6) is 0 Å². The predicted octanol–water partition coefficient (Wildman–Crippen LogP) is 4.91. The molecule has 2 N–H and O–H groups in total. The number of hydrogen-bond acceptors (Lipinski definition) is 7. The molecule has 0 atom stereocenters. The van der Waals surface area contributed by atoms with Crippen LogP contribution in [-0.4, -0.2) is 26.8 Å². The van der Waals surface area contributed by atoms with Crippen molar-refractivity contribution in [2.75, 3.05) is 10.6 Å². The second-order valence-corrected chi connectivity index (χ2v) is 7.59. The Morgan fingerprint density at radius 2 is 1.82 bits per heavy atom. The first kappa shape index (κ1) is 22.6. The molecule has 4 rings (SSSR count). The molecule has 8 heteroatoms. The monoisotopic (exact) mass is 453 g/mol. The normalized spacial score (nSPS) is 10.4. The molecule has 0 radical (unpaired) electrons. The van der Waals surface area contributed by atoms with E-state index in [0.29, 0.717) is 17.2 Å². The van der Waals surface area contributed by atoms with E-state index in [9.17, 15) is 9.59 Å². The molecule has 0 fully saturated rings. The lowest BCUT2D eigenvalue weighted by atomic mass is 10.1. The second-order valence-electron chi connectivity index (χ2n) is 7.59. The van der Waals surface area contributed by atoms with Gasteiger partial charge in [-0.25, -0.2) is 9.97 Å². The largest absolute Gasteiger partial charge is 0.461 e. The van der Waals surface area contributed by atoms with Crippen LogP contribution < -0.4 is 10.6 Å². The quantitative estimate of drug-likeness (QED) is 0.383. The van der Waals surface area contributed by atoms with Gasteiger partial charge in [-0.15, -0.1) is 0 Å². The molecule has 2 aromatic carbocycles. The third-order valence-corrected chi connectivity index (χ3v) is 5.00. The number of anilines is 3. The zero-order valence-electron chi connectivity index (χ0n) is 18.8. The lowest BCUT2D eigenvalue weighted by Crippen LogP contribution is -2.12. The van der Waals surface area contributed by atoms with Crippen molar-refractivity contribution in [3.8, 4) is 11.3 Å². The van der Waals surface area contributed by atoms with Gasteiger partial charge in [0.25, 0.3) is 5.91 Å². The van der Waals surface area contributed by atoms with Crippen molar-refractivity contribution >= 4 is 29.2 Å². The number of hydrogen-bond donors (Lipinski definition) is 2. The Morgan fingerprint density at radius 3 is 2.53 bits per heavy atom. The molecule has 0 aliphatic heterocycles. The van der Waals surface area contributed by atoms with E-state index in [1.165, 1.54) is 6.92 Å². The summed E-state index contributed by atoms with van der Waals surface area (Å²) < 4.78 is 4.96. The van der Waals surface area contributed by atoms with E-state index < -0.39 is 0 Å². The molecule has 2 heterocycles. The first-order chi connectivity index (χ1) is 16.5. The van der Waals surface area contributed by atoms with Crippen LogP contribution in [0.1, 0.15) is 28.4 Å². The molecule has 0 aliphatic carbocycles. The van der Waals surface area contributed by atoms with Gasteiger partial charge in [0, 0.05) is 48.0 Å². The molecule has 2 aromatic heterocycles. The van der Waals surface area contributed by atoms with Gasteiger partial charge in [-0.1, -0.05) is 12.1 Å². The molecular weight excluding hydrogens is 430 g/mol. The Balaban J connectivity index is 1.41. The minimum atomic E-state index is -0.345. The van der Waals surface area contributed by atoms with E-state index in [0.717, 1.165) is 28.1 Å². The molecule has 0 unspecified atom stereocenters. The Kier molecular flexibility index (Phi) is 6.88. The van der Waals surface area contributed by atoms with Gasteiger partial charge in [-0.2, -0.15) is 0 Å². The first-order valence-electron chi connectivity index (χ1n) is 10.6. The number of aromatic nitrogens is 3. The van der Waals surface area contributed by atoms with E-state index in [1.54, 1.807) is 42.9 Å². The van der Waals surface area contributed by atoms with Crippen LogP contribution in [0.15, 0.2) is 79.3 Å². The summed E-state index contributed by atoms with van der Waals surface area (Å²) in [6.45, 7) is 3.48. The topological polar surface area (TPSA) is 106 Å². The number of ether oxygens (including phenoxy) is 1. The summed E-state index contributed by atoms with van der Waals surface area (Å²) in [7, 11) is 0. The van der Waals surface area contributed by atoms with Crippen molar-refractivity contribution in [3.63, 3.8) is 0 Å². The minimum absolute atomic E-state index is 0.180. The first-order valence-corrected chi connectivity index (χ1v) is 10.6. The summed E-state index contributed by atoms with van der Waals surface area (Å²) in [6.07, 6.45) is 5.16. The summed E-state index contributed by atoms with van der Waals surface area (Å²) in [5.74, 6) is -0.107. The highest BCUT2D eigenvalue weighted by molar-refractivity contribution is 6.04. The van der Waals surface area contributed by atoms with Gasteiger partial charge in [0.05, 0.1) is 5.69 Å². The number of carbonyl (C=O) groups is 2. The smallest absolute Gasteiger partial charge is 0.302 e. The summed E-state index contributed by atoms with van der Waals surface area (Å²) in [6, 6.07) is 18.1. The maximum absolute atomic E-state index is 12.6. The lowest BCUT2D eigenvalue weighted by Gasteiger charge is -2.12. The zero-order valence-corrected chi connectivity index (χ0v) is 18.8. The molecule has 4 aromatic rings. The van der Waals surface area contributed by atoms with E-state index in [-0.39, 0.29) is 18.5 Å². The number of rotatable bonds is 7. The molecule has 0 saturated heterocycles. The Hall–Kier alpha value is -4.59. The number of carbonyl (C=O) groups excluding carboxylic acids is 2. The molecular formula is C26H23N5O3. The van der Waals surface area contributed by atoms with E-state index in [4.69, 9.17) is 4.74 Å². The molecule has 170 valence electrons. The fourth-order valence-electron chi connectivity index (χ4n) is 3.24. The standard InChI is InChI=1S/C26H23N5O3/c1-17-14-22(29-25(33)20-7-5-19(6-8-20)16-34-18(2)32)9-10-23(17)30-26-28-13-11-24(31-26)21-4-3-12-27-15-21/h3-15H,16H2,1-2H3,(H,29,33)(H,28,30,31). The average Bonchev–Trinajstić information content (AvgIpc) is 2.85. The van der Waals surface area contributed by atoms with Crippen molar-refractivity contribution < 1.29 is 14.3 Å². The maximum atomic E-state index is 12.6. The minimum Gasteiger partial charge on any atom is -0.461 e. The Morgan fingerprint density at radius 1 is 1.00 bits per heavy atom. The highest BCUT2D eigenvalue weighted by atomic mass is 16.5. The van der Waals surface area contributed by atoms with Gasteiger partial charge >= 0.3 is 5.97 Å². The van der Waals surface area contributed by atoms with Gasteiger partial charge in [0.2, 0.25) is 5.95 Å². The van der Waals surface area contributed by atoms with E-state index >= 15 is 0 Å². The summed E-state index contributed by atoms with van der Waals surface area (Å²) in [4.78, 5) is 36.5. The fraction of sp³-hybridized carbons (Fsp3) is 0.115. The van der Waals surface area contributed by atoms with Crippen LogP contribution in [-0.2, 0) is 16.1 Å². The zero-order chi connectivity index (χ0) is 23.9. The highest BCUT2D eigenvalue weighted by Gasteiger charge is 2.09. The molecule has 0 spiro atoms. The number of nitrogens with zero attached hydrogens (tertiary/aromatic N) is 3. The van der Waals surface area contributed by atoms with Crippen LogP contribution >= 0.6 is 0 Å². The predicted molar refractivity (Wildman–Crippen MR) is 130 cm³/mol. The number of pyridine rings is 1. The number of nitrogens with one attached hydrogen (secondary N) is 2. The molecule has 0 saturated carbocycles. The molecule has 0 bridgehead atoms. The third-order valence-electron chi connectivity index (χ3n) is 5.00. The third kappa shape index (κ3) is 5.80. The van der Waals surface area contributed by atoms with Crippen LogP contribution in [0, 0.1) is 6.92 Å². The molecule has 1 amide bonds. The van der Waals surface area contributed by atoms with Crippen LogP contribution in [0.25, 0.3) is 11.3 Å². The molecule has 34 heavy (non-hydrogen) atoms. The van der Waals surface area contributed by atoms with Crippen LogP contribution in [0.3, 0.4) is 0 Å². The van der Waals surface area contributed by atoms with Crippen molar-refractivity contribution in [2.24, 2.45) is 0 Å². The van der Waals surface area contributed by atoms with Crippen LogP contribution in [0.2, 0.25) is 0 Å². The number of benzene rings is 2.